The number of aromatic hydroxyl groups is 1. The number of hydrogen-bond donors (Lipinski definition) is 3. The average Bonchev–Trinajstić information content (AvgIpc) is 2.28. The minimum Gasteiger partial charge on any atom is -0.508 e. The second-order valence-corrected chi connectivity index (χ2v) is 4.19. The first-order valence-electron chi connectivity index (χ1n) is 5.41. The van der Waals surface area contributed by atoms with Crippen LogP contribution in [0.25, 0.3) is 0 Å². The average molecular weight is 248 g/mol. The Kier molecular flexibility index (Phi) is 3.01. The molecule has 1 saturated heterocycles. The number of phenolic OH excluding ortho intramolecular Hbond substituents is 1. The van der Waals surface area contributed by atoms with Gasteiger partial charge in [-0.05, 0) is 30.5 Å². The summed E-state index contributed by atoms with van der Waals surface area (Å²) in [5.74, 6) is -1.97. The van der Waals surface area contributed by atoms with Crippen LogP contribution in [0.3, 0.4) is 0 Å². The van der Waals surface area contributed by atoms with Crippen molar-refractivity contribution in [3.63, 3.8) is 0 Å². The monoisotopic (exact) mass is 248 g/mol. The van der Waals surface area contributed by atoms with Gasteiger partial charge in [0, 0.05) is 0 Å². The molecule has 2 rings (SSSR count). The standard InChI is InChI=1S/C12H12N2O4/c1-6-4-7(2-3-9(6)15)5-8-10(16)13-12(18)14-11(8)17/h2-4,8,15H,5H2,1H3,(H2,13,14,16,17,18). The maximum absolute atomic E-state index is 11.5. The molecule has 1 aromatic rings. The number of benzene rings is 1. The Morgan fingerprint density at radius 2 is 1.78 bits per heavy atom. The van der Waals surface area contributed by atoms with Crippen molar-refractivity contribution in [2.24, 2.45) is 5.92 Å². The Labute approximate surface area is 103 Å². The minimum atomic E-state index is -0.924. The number of phenols is 1. The molecule has 0 aromatic heterocycles. The first kappa shape index (κ1) is 12.1. The van der Waals surface area contributed by atoms with Gasteiger partial charge in [-0.2, -0.15) is 0 Å². The van der Waals surface area contributed by atoms with Gasteiger partial charge in [0.1, 0.15) is 11.7 Å². The van der Waals surface area contributed by atoms with Crippen molar-refractivity contribution in [1.82, 2.24) is 10.6 Å². The van der Waals surface area contributed by atoms with Gasteiger partial charge in [-0.1, -0.05) is 12.1 Å². The largest absolute Gasteiger partial charge is 0.508 e. The van der Waals surface area contributed by atoms with E-state index in [1.165, 1.54) is 6.07 Å². The Morgan fingerprint density at radius 3 is 2.33 bits per heavy atom. The quantitative estimate of drug-likeness (QED) is 0.652. The molecular weight excluding hydrogens is 236 g/mol. The van der Waals surface area contributed by atoms with E-state index >= 15 is 0 Å². The summed E-state index contributed by atoms with van der Waals surface area (Å²) in [7, 11) is 0. The maximum Gasteiger partial charge on any atom is 0.328 e. The maximum atomic E-state index is 11.5. The summed E-state index contributed by atoms with van der Waals surface area (Å²) >= 11 is 0. The molecule has 3 N–H and O–H groups in total. The van der Waals surface area contributed by atoms with E-state index in [2.05, 4.69) is 0 Å². The Morgan fingerprint density at radius 1 is 1.17 bits per heavy atom. The molecule has 6 nitrogen and oxygen atoms in total. The van der Waals surface area contributed by atoms with Crippen LogP contribution in [-0.2, 0) is 16.0 Å². The first-order chi connectivity index (χ1) is 8.47. The number of barbiturate groups is 1. The smallest absolute Gasteiger partial charge is 0.328 e. The molecule has 0 aliphatic carbocycles. The van der Waals surface area contributed by atoms with Crippen LogP contribution in [0.15, 0.2) is 18.2 Å². The van der Waals surface area contributed by atoms with Gasteiger partial charge in [0.25, 0.3) is 0 Å². The molecule has 6 heteroatoms. The molecule has 94 valence electrons. The van der Waals surface area contributed by atoms with E-state index in [9.17, 15) is 19.5 Å². The van der Waals surface area contributed by atoms with Crippen LogP contribution in [0.2, 0.25) is 0 Å². The fourth-order valence-corrected chi connectivity index (χ4v) is 1.81. The lowest BCUT2D eigenvalue weighted by atomic mass is 9.95. The topological polar surface area (TPSA) is 95.5 Å². The van der Waals surface area contributed by atoms with E-state index in [-0.39, 0.29) is 12.2 Å². The summed E-state index contributed by atoms with van der Waals surface area (Å²) in [5, 5.41) is 13.5. The van der Waals surface area contributed by atoms with Gasteiger partial charge in [-0.25, -0.2) is 4.79 Å². The van der Waals surface area contributed by atoms with Crippen LogP contribution in [0, 0.1) is 12.8 Å². The molecule has 1 fully saturated rings. The van der Waals surface area contributed by atoms with Crippen LogP contribution >= 0.6 is 0 Å². The highest BCUT2D eigenvalue weighted by molar-refractivity contribution is 6.16. The van der Waals surface area contributed by atoms with E-state index in [0.29, 0.717) is 5.56 Å². The van der Waals surface area contributed by atoms with Crippen LogP contribution in [0.1, 0.15) is 11.1 Å². The number of imide groups is 2. The molecule has 0 saturated carbocycles. The highest BCUT2D eigenvalue weighted by Gasteiger charge is 2.33. The van der Waals surface area contributed by atoms with E-state index in [1.54, 1.807) is 19.1 Å². The number of aryl methyl sites for hydroxylation is 1. The summed E-state index contributed by atoms with van der Waals surface area (Å²) < 4.78 is 0. The van der Waals surface area contributed by atoms with Crippen molar-refractivity contribution in [2.75, 3.05) is 0 Å². The van der Waals surface area contributed by atoms with Crippen LogP contribution in [-0.4, -0.2) is 23.0 Å². The van der Waals surface area contributed by atoms with Crippen molar-refractivity contribution >= 4 is 17.8 Å². The lowest BCUT2D eigenvalue weighted by Gasteiger charge is -2.20. The van der Waals surface area contributed by atoms with E-state index < -0.39 is 23.8 Å². The van der Waals surface area contributed by atoms with E-state index in [1.807, 2.05) is 10.6 Å². The van der Waals surface area contributed by atoms with E-state index in [4.69, 9.17) is 0 Å². The lowest BCUT2D eigenvalue weighted by molar-refractivity contribution is -0.135. The first-order valence-corrected chi connectivity index (χ1v) is 5.41. The SMILES string of the molecule is Cc1cc(CC2C(=O)NC(=O)NC2=O)ccc1O. The van der Waals surface area contributed by atoms with Crippen LogP contribution in [0.5, 0.6) is 5.75 Å². The van der Waals surface area contributed by atoms with Crippen molar-refractivity contribution in [3.8, 4) is 5.75 Å². The number of amides is 4. The molecule has 0 unspecified atom stereocenters. The Balaban J connectivity index is 2.17. The Bertz CT molecular complexity index is 519. The van der Waals surface area contributed by atoms with Gasteiger partial charge in [0.05, 0.1) is 0 Å². The van der Waals surface area contributed by atoms with E-state index in [0.717, 1.165) is 5.56 Å². The van der Waals surface area contributed by atoms with Crippen molar-refractivity contribution in [2.45, 2.75) is 13.3 Å². The summed E-state index contributed by atoms with van der Waals surface area (Å²) in [6.45, 7) is 1.73. The molecule has 18 heavy (non-hydrogen) atoms. The number of carbonyl (C=O) groups excluding carboxylic acids is 3. The highest BCUT2D eigenvalue weighted by atomic mass is 16.3. The lowest BCUT2D eigenvalue weighted by Crippen LogP contribution is -2.56. The van der Waals surface area contributed by atoms with Gasteiger partial charge in [0.15, 0.2) is 0 Å². The highest BCUT2D eigenvalue weighted by Crippen LogP contribution is 2.19. The molecule has 0 bridgehead atoms. The zero-order valence-corrected chi connectivity index (χ0v) is 9.69. The molecule has 1 heterocycles. The zero-order chi connectivity index (χ0) is 13.3. The molecule has 1 aromatic carbocycles. The number of rotatable bonds is 2. The number of hydrogen-bond acceptors (Lipinski definition) is 4. The molecule has 1 aliphatic rings. The minimum absolute atomic E-state index is 0.159. The number of carbonyl (C=O) groups is 3. The predicted molar refractivity (Wildman–Crippen MR) is 61.7 cm³/mol. The van der Waals surface area contributed by atoms with Gasteiger partial charge in [0.2, 0.25) is 11.8 Å². The van der Waals surface area contributed by atoms with Crippen LogP contribution in [0.4, 0.5) is 4.79 Å². The van der Waals surface area contributed by atoms with Crippen molar-refractivity contribution < 1.29 is 19.5 Å². The summed E-state index contributed by atoms with van der Waals surface area (Å²) in [5.41, 5.74) is 1.41. The zero-order valence-electron chi connectivity index (χ0n) is 9.69. The van der Waals surface area contributed by atoms with Gasteiger partial charge < -0.3 is 5.11 Å². The normalized spacial score (nSPS) is 16.4. The summed E-state index contributed by atoms with van der Waals surface area (Å²) in [4.78, 5) is 33.9. The second kappa shape index (κ2) is 4.48. The fourth-order valence-electron chi connectivity index (χ4n) is 1.81. The third kappa shape index (κ3) is 2.32. The summed E-state index contributed by atoms with van der Waals surface area (Å²) in [6, 6.07) is 4.06. The van der Waals surface area contributed by atoms with Crippen molar-refractivity contribution in [1.29, 1.82) is 0 Å². The third-order valence-electron chi connectivity index (χ3n) is 2.81. The molecule has 0 spiro atoms. The Hall–Kier alpha value is -2.37. The second-order valence-electron chi connectivity index (χ2n) is 4.19. The number of urea groups is 1. The predicted octanol–water partition coefficient (Wildman–Crippen LogP) is 0.225. The molecule has 1 aliphatic heterocycles. The summed E-state index contributed by atoms with van der Waals surface area (Å²) in [6.07, 6.45) is 0.187. The molecule has 0 atom stereocenters. The molecule has 4 amide bonds. The number of nitrogens with one attached hydrogen (secondary N) is 2. The molecule has 0 radical (unpaired) electrons. The van der Waals surface area contributed by atoms with Gasteiger partial charge in [-0.15, -0.1) is 0 Å². The molecular formula is C12H12N2O4. The third-order valence-corrected chi connectivity index (χ3v) is 2.81. The van der Waals surface area contributed by atoms with Crippen LogP contribution < -0.4 is 10.6 Å². The fraction of sp³-hybridized carbons (Fsp3) is 0.250. The van der Waals surface area contributed by atoms with Crippen molar-refractivity contribution in [3.05, 3.63) is 29.3 Å². The van der Waals surface area contributed by atoms with Gasteiger partial charge in [-0.3, -0.25) is 20.2 Å². The van der Waals surface area contributed by atoms with Gasteiger partial charge >= 0.3 is 6.03 Å².